The molecular weight excluding hydrogens is 200 g/mol. The third-order valence-electron chi connectivity index (χ3n) is 3.39. The van der Waals surface area contributed by atoms with E-state index in [0.717, 1.165) is 26.2 Å². The molecule has 0 aliphatic carbocycles. The van der Waals surface area contributed by atoms with Crippen molar-refractivity contribution < 1.29 is 4.74 Å². The van der Waals surface area contributed by atoms with E-state index in [-0.39, 0.29) is 0 Å². The second-order valence-electron chi connectivity index (χ2n) is 5.01. The highest BCUT2D eigenvalue weighted by Crippen LogP contribution is 2.13. The Hall–Kier alpha value is -0.120. The van der Waals surface area contributed by atoms with E-state index in [0.29, 0.717) is 12.1 Å². The van der Waals surface area contributed by atoms with Gasteiger partial charge in [0.15, 0.2) is 0 Å². The molecular formula is C13H28N2O. The maximum absolute atomic E-state index is 5.74. The molecule has 3 nitrogen and oxygen atoms in total. The van der Waals surface area contributed by atoms with Crippen LogP contribution < -0.4 is 5.32 Å². The molecule has 0 amide bonds. The van der Waals surface area contributed by atoms with Crippen molar-refractivity contribution in [3.63, 3.8) is 0 Å². The summed E-state index contributed by atoms with van der Waals surface area (Å²) >= 11 is 0. The van der Waals surface area contributed by atoms with Gasteiger partial charge in [-0.15, -0.1) is 0 Å². The van der Waals surface area contributed by atoms with Gasteiger partial charge in [-0.1, -0.05) is 6.92 Å². The van der Waals surface area contributed by atoms with E-state index >= 15 is 0 Å². The molecule has 2 atom stereocenters. The van der Waals surface area contributed by atoms with Crippen LogP contribution in [0.1, 0.15) is 39.5 Å². The quantitative estimate of drug-likeness (QED) is 0.720. The Balaban J connectivity index is 2.03. The number of nitrogens with one attached hydrogen (secondary N) is 1. The van der Waals surface area contributed by atoms with E-state index in [1.807, 2.05) is 0 Å². The standard InChI is InChI=1S/C13H28N2O/c1-4-12(2)14-8-9-15(3)11-13-7-5-6-10-16-13/h12-14H,4-11H2,1-3H3. The molecule has 0 bridgehead atoms. The van der Waals surface area contributed by atoms with E-state index in [9.17, 15) is 0 Å². The van der Waals surface area contributed by atoms with Crippen molar-refractivity contribution >= 4 is 0 Å². The molecule has 3 heteroatoms. The van der Waals surface area contributed by atoms with Crippen LogP contribution in [0.4, 0.5) is 0 Å². The van der Waals surface area contributed by atoms with Crippen LogP contribution in [0.3, 0.4) is 0 Å². The molecule has 1 rings (SSSR count). The molecule has 1 aliphatic rings. The fourth-order valence-corrected chi connectivity index (χ4v) is 2.04. The second kappa shape index (κ2) is 8.04. The summed E-state index contributed by atoms with van der Waals surface area (Å²) in [6.45, 7) is 8.70. The van der Waals surface area contributed by atoms with Crippen LogP contribution in [0.15, 0.2) is 0 Å². The Bertz CT molecular complexity index is 169. The smallest absolute Gasteiger partial charge is 0.0701 e. The van der Waals surface area contributed by atoms with E-state index in [1.54, 1.807) is 0 Å². The molecule has 0 spiro atoms. The summed E-state index contributed by atoms with van der Waals surface area (Å²) in [5.74, 6) is 0. The maximum Gasteiger partial charge on any atom is 0.0701 e. The Kier molecular flexibility index (Phi) is 7.01. The molecule has 1 fully saturated rings. The van der Waals surface area contributed by atoms with E-state index in [1.165, 1.54) is 25.7 Å². The summed E-state index contributed by atoms with van der Waals surface area (Å²) in [6, 6.07) is 0.638. The lowest BCUT2D eigenvalue weighted by Crippen LogP contribution is -2.38. The molecule has 1 N–H and O–H groups in total. The average molecular weight is 228 g/mol. The fourth-order valence-electron chi connectivity index (χ4n) is 2.04. The minimum Gasteiger partial charge on any atom is -0.377 e. The molecule has 16 heavy (non-hydrogen) atoms. The lowest BCUT2D eigenvalue weighted by atomic mass is 10.1. The number of rotatable bonds is 7. The minimum absolute atomic E-state index is 0.474. The molecule has 1 saturated heterocycles. The first-order chi connectivity index (χ1) is 7.72. The van der Waals surface area contributed by atoms with Gasteiger partial charge in [-0.05, 0) is 39.7 Å². The van der Waals surface area contributed by atoms with Gasteiger partial charge in [0.25, 0.3) is 0 Å². The summed E-state index contributed by atoms with van der Waals surface area (Å²) in [5, 5.41) is 3.52. The number of hydrogen-bond donors (Lipinski definition) is 1. The highest BCUT2D eigenvalue weighted by Gasteiger charge is 2.15. The maximum atomic E-state index is 5.74. The van der Waals surface area contributed by atoms with Gasteiger partial charge in [-0.3, -0.25) is 0 Å². The monoisotopic (exact) mass is 228 g/mol. The number of nitrogens with zero attached hydrogens (tertiary/aromatic N) is 1. The second-order valence-corrected chi connectivity index (χ2v) is 5.01. The van der Waals surface area contributed by atoms with Crippen molar-refractivity contribution in [2.75, 3.05) is 33.3 Å². The molecule has 96 valence electrons. The average Bonchev–Trinajstić information content (AvgIpc) is 2.30. The zero-order valence-electron chi connectivity index (χ0n) is 11.2. The summed E-state index contributed by atoms with van der Waals surface area (Å²) in [6.07, 6.45) is 5.50. The molecule has 1 aliphatic heterocycles. The lowest BCUT2D eigenvalue weighted by Gasteiger charge is -2.27. The van der Waals surface area contributed by atoms with Crippen LogP contribution >= 0.6 is 0 Å². The zero-order valence-corrected chi connectivity index (χ0v) is 11.2. The Morgan fingerprint density at radius 1 is 1.44 bits per heavy atom. The number of hydrogen-bond acceptors (Lipinski definition) is 3. The summed E-state index contributed by atoms with van der Waals surface area (Å²) in [7, 11) is 2.19. The van der Waals surface area contributed by atoms with Crippen LogP contribution in [-0.2, 0) is 4.74 Å². The van der Waals surface area contributed by atoms with Crippen molar-refractivity contribution in [3.05, 3.63) is 0 Å². The minimum atomic E-state index is 0.474. The topological polar surface area (TPSA) is 24.5 Å². The van der Waals surface area contributed by atoms with Gasteiger partial charge in [0.05, 0.1) is 6.10 Å². The van der Waals surface area contributed by atoms with Crippen LogP contribution in [0.5, 0.6) is 0 Å². The van der Waals surface area contributed by atoms with Gasteiger partial charge in [-0.2, -0.15) is 0 Å². The Morgan fingerprint density at radius 3 is 2.88 bits per heavy atom. The molecule has 0 saturated carbocycles. The fraction of sp³-hybridized carbons (Fsp3) is 1.00. The molecule has 0 aromatic rings. The third kappa shape index (κ3) is 5.83. The first kappa shape index (κ1) is 13.9. The van der Waals surface area contributed by atoms with Gasteiger partial charge in [-0.25, -0.2) is 0 Å². The normalized spacial score (nSPS) is 23.6. The predicted molar refractivity (Wildman–Crippen MR) is 68.8 cm³/mol. The summed E-state index contributed by atoms with van der Waals surface area (Å²) in [4.78, 5) is 2.38. The van der Waals surface area contributed by atoms with Gasteiger partial charge < -0.3 is 15.0 Å². The van der Waals surface area contributed by atoms with Crippen LogP contribution in [0.2, 0.25) is 0 Å². The van der Waals surface area contributed by atoms with Gasteiger partial charge in [0.2, 0.25) is 0 Å². The third-order valence-corrected chi connectivity index (χ3v) is 3.39. The Morgan fingerprint density at radius 2 is 2.25 bits per heavy atom. The predicted octanol–water partition coefficient (Wildman–Crippen LogP) is 1.88. The number of likely N-dealkylation sites (N-methyl/N-ethyl adjacent to an activating group) is 1. The van der Waals surface area contributed by atoms with Gasteiger partial charge in [0, 0.05) is 32.3 Å². The first-order valence-corrected chi connectivity index (χ1v) is 6.76. The van der Waals surface area contributed by atoms with Crippen LogP contribution in [-0.4, -0.2) is 50.3 Å². The van der Waals surface area contributed by atoms with Crippen LogP contribution in [0.25, 0.3) is 0 Å². The van der Waals surface area contributed by atoms with E-state index in [2.05, 4.69) is 31.1 Å². The SMILES string of the molecule is CCC(C)NCCN(C)CC1CCCCO1. The molecule has 0 aromatic heterocycles. The lowest BCUT2D eigenvalue weighted by molar-refractivity contribution is -0.00128. The molecule has 0 radical (unpaired) electrons. The Labute approximate surface area is 101 Å². The van der Waals surface area contributed by atoms with Gasteiger partial charge in [0.1, 0.15) is 0 Å². The van der Waals surface area contributed by atoms with E-state index < -0.39 is 0 Å². The molecule has 0 aromatic carbocycles. The number of ether oxygens (including phenoxy) is 1. The largest absolute Gasteiger partial charge is 0.377 e. The molecule has 1 heterocycles. The van der Waals surface area contributed by atoms with Gasteiger partial charge >= 0.3 is 0 Å². The van der Waals surface area contributed by atoms with Crippen LogP contribution in [0, 0.1) is 0 Å². The zero-order chi connectivity index (χ0) is 11.8. The van der Waals surface area contributed by atoms with Crippen molar-refractivity contribution in [2.24, 2.45) is 0 Å². The van der Waals surface area contributed by atoms with Crippen molar-refractivity contribution in [1.82, 2.24) is 10.2 Å². The van der Waals surface area contributed by atoms with E-state index in [4.69, 9.17) is 4.74 Å². The van der Waals surface area contributed by atoms with Crippen molar-refractivity contribution in [3.8, 4) is 0 Å². The summed E-state index contributed by atoms with van der Waals surface area (Å²) < 4.78 is 5.74. The highest BCUT2D eigenvalue weighted by molar-refractivity contribution is 4.68. The molecule has 2 unspecified atom stereocenters. The summed E-state index contributed by atoms with van der Waals surface area (Å²) in [5.41, 5.74) is 0. The highest BCUT2D eigenvalue weighted by atomic mass is 16.5. The first-order valence-electron chi connectivity index (χ1n) is 6.76. The van der Waals surface area contributed by atoms with Crippen molar-refractivity contribution in [2.45, 2.75) is 51.7 Å². The van der Waals surface area contributed by atoms with Crippen molar-refractivity contribution in [1.29, 1.82) is 0 Å².